The van der Waals surface area contributed by atoms with E-state index in [1.807, 2.05) is 12.1 Å². The Morgan fingerprint density at radius 3 is 2.93 bits per heavy atom. The van der Waals surface area contributed by atoms with Crippen LogP contribution >= 0.6 is 27.5 Å². The van der Waals surface area contributed by atoms with Crippen molar-refractivity contribution in [3.63, 3.8) is 0 Å². The number of halogens is 2. The van der Waals surface area contributed by atoms with Gasteiger partial charge in [0.1, 0.15) is 5.75 Å². The third kappa shape index (κ3) is 3.25. The van der Waals surface area contributed by atoms with Crippen LogP contribution in [0.15, 0.2) is 18.2 Å². The lowest BCUT2D eigenvalue weighted by molar-refractivity contribution is 0.413. The zero-order valence-corrected chi connectivity index (χ0v) is 10.2. The summed E-state index contributed by atoms with van der Waals surface area (Å²) in [5, 5.41) is 1.54. The van der Waals surface area contributed by atoms with Crippen molar-refractivity contribution in [3.05, 3.63) is 28.8 Å². The molecule has 0 fully saturated rings. The lowest BCUT2D eigenvalue weighted by atomic mass is 10.2. The fraction of sp³-hybridized carbons (Fsp3) is 0.273. The first-order chi connectivity index (χ1) is 6.77. The standard InChI is InChI=1S/C11H10BrClO/c1-14-11-8-10(13)6-5-9(11)4-2-3-7-12/h5-6,8H,3,7H2,1H3. The van der Waals surface area contributed by atoms with Crippen molar-refractivity contribution in [2.45, 2.75) is 6.42 Å². The van der Waals surface area contributed by atoms with E-state index < -0.39 is 0 Å². The van der Waals surface area contributed by atoms with Gasteiger partial charge in [-0.2, -0.15) is 0 Å². The Morgan fingerprint density at radius 2 is 2.29 bits per heavy atom. The molecule has 0 aliphatic heterocycles. The lowest BCUT2D eigenvalue weighted by Gasteiger charge is -2.02. The van der Waals surface area contributed by atoms with Crippen LogP contribution in [0.5, 0.6) is 5.75 Å². The predicted molar refractivity (Wildman–Crippen MR) is 63.3 cm³/mol. The maximum atomic E-state index is 5.82. The van der Waals surface area contributed by atoms with Gasteiger partial charge in [0.2, 0.25) is 0 Å². The van der Waals surface area contributed by atoms with Crippen molar-refractivity contribution in [2.24, 2.45) is 0 Å². The quantitative estimate of drug-likeness (QED) is 0.592. The van der Waals surface area contributed by atoms with E-state index in [0.29, 0.717) is 5.02 Å². The zero-order valence-electron chi connectivity index (χ0n) is 7.81. The molecular weight excluding hydrogens is 263 g/mol. The van der Waals surface area contributed by atoms with Crippen LogP contribution in [0.2, 0.25) is 5.02 Å². The molecule has 0 saturated heterocycles. The molecule has 1 rings (SSSR count). The summed E-state index contributed by atoms with van der Waals surface area (Å²) in [7, 11) is 1.61. The van der Waals surface area contributed by atoms with Gasteiger partial charge in [-0.3, -0.25) is 0 Å². The van der Waals surface area contributed by atoms with Gasteiger partial charge in [-0.1, -0.05) is 39.4 Å². The Kier molecular flexibility index (Phi) is 4.86. The number of rotatable bonds is 2. The molecule has 3 heteroatoms. The first-order valence-corrected chi connectivity index (χ1v) is 5.66. The second-order valence-electron chi connectivity index (χ2n) is 2.59. The van der Waals surface area contributed by atoms with Gasteiger partial charge in [0, 0.05) is 22.8 Å². The van der Waals surface area contributed by atoms with Crippen LogP contribution in [0.3, 0.4) is 0 Å². The summed E-state index contributed by atoms with van der Waals surface area (Å²) in [6.45, 7) is 0. The number of alkyl halides is 1. The summed E-state index contributed by atoms with van der Waals surface area (Å²) in [6.07, 6.45) is 0.825. The summed E-state index contributed by atoms with van der Waals surface area (Å²) < 4.78 is 5.16. The molecule has 14 heavy (non-hydrogen) atoms. The molecule has 0 N–H and O–H groups in total. The van der Waals surface area contributed by atoms with Gasteiger partial charge in [0.15, 0.2) is 0 Å². The maximum Gasteiger partial charge on any atom is 0.135 e. The van der Waals surface area contributed by atoms with Crippen LogP contribution < -0.4 is 4.74 Å². The Hall–Kier alpha value is -0.650. The first kappa shape index (κ1) is 11.4. The maximum absolute atomic E-state index is 5.82. The van der Waals surface area contributed by atoms with Crippen molar-refractivity contribution in [3.8, 4) is 17.6 Å². The van der Waals surface area contributed by atoms with E-state index in [-0.39, 0.29) is 0 Å². The highest BCUT2D eigenvalue weighted by Crippen LogP contribution is 2.22. The van der Waals surface area contributed by atoms with Gasteiger partial charge in [-0.15, -0.1) is 0 Å². The average Bonchev–Trinajstić information content (AvgIpc) is 2.20. The molecule has 0 radical (unpaired) electrons. The van der Waals surface area contributed by atoms with E-state index in [1.54, 1.807) is 13.2 Å². The zero-order chi connectivity index (χ0) is 10.4. The number of ether oxygens (including phenoxy) is 1. The minimum atomic E-state index is 0.660. The minimum absolute atomic E-state index is 0.660. The van der Waals surface area contributed by atoms with Gasteiger partial charge in [0.25, 0.3) is 0 Å². The predicted octanol–water partition coefficient (Wildman–Crippen LogP) is 3.49. The van der Waals surface area contributed by atoms with E-state index in [0.717, 1.165) is 23.1 Å². The smallest absolute Gasteiger partial charge is 0.135 e. The van der Waals surface area contributed by atoms with Crippen molar-refractivity contribution in [1.29, 1.82) is 0 Å². The first-order valence-electron chi connectivity index (χ1n) is 4.16. The molecule has 0 amide bonds. The number of hydrogen-bond donors (Lipinski definition) is 0. The second kappa shape index (κ2) is 5.95. The van der Waals surface area contributed by atoms with E-state index in [2.05, 4.69) is 27.8 Å². The molecule has 1 aromatic rings. The molecule has 0 spiro atoms. The van der Waals surface area contributed by atoms with Crippen molar-refractivity contribution in [2.75, 3.05) is 12.4 Å². The summed E-state index contributed by atoms with van der Waals surface area (Å²) in [5.41, 5.74) is 0.873. The molecule has 0 saturated carbocycles. The summed E-state index contributed by atoms with van der Waals surface area (Å²) in [6, 6.07) is 5.43. The average molecular weight is 274 g/mol. The van der Waals surface area contributed by atoms with Gasteiger partial charge in [0.05, 0.1) is 12.7 Å². The highest BCUT2D eigenvalue weighted by molar-refractivity contribution is 9.09. The monoisotopic (exact) mass is 272 g/mol. The molecule has 0 bridgehead atoms. The number of hydrogen-bond acceptors (Lipinski definition) is 1. The van der Waals surface area contributed by atoms with Crippen LogP contribution in [0, 0.1) is 11.8 Å². The van der Waals surface area contributed by atoms with Crippen molar-refractivity contribution < 1.29 is 4.74 Å². The lowest BCUT2D eigenvalue weighted by Crippen LogP contribution is -1.87. The summed E-state index contributed by atoms with van der Waals surface area (Å²) in [4.78, 5) is 0. The molecule has 0 unspecified atom stereocenters. The van der Waals surface area contributed by atoms with Gasteiger partial charge in [-0.05, 0) is 12.1 Å². The molecule has 0 aromatic heterocycles. The molecule has 1 aromatic carbocycles. The number of methoxy groups -OCH3 is 1. The third-order valence-corrected chi connectivity index (χ3v) is 2.24. The van der Waals surface area contributed by atoms with E-state index in [1.165, 1.54) is 0 Å². The Morgan fingerprint density at radius 1 is 1.50 bits per heavy atom. The Balaban J connectivity index is 2.92. The van der Waals surface area contributed by atoms with Crippen LogP contribution in [-0.2, 0) is 0 Å². The van der Waals surface area contributed by atoms with Crippen molar-refractivity contribution in [1.82, 2.24) is 0 Å². The normalized spacial score (nSPS) is 9.07. The fourth-order valence-corrected chi connectivity index (χ4v) is 1.33. The minimum Gasteiger partial charge on any atom is -0.495 e. The highest BCUT2D eigenvalue weighted by Gasteiger charge is 1.99. The topological polar surface area (TPSA) is 9.23 Å². The molecule has 0 heterocycles. The molecule has 0 aliphatic carbocycles. The Bertz CT molecular complexity index is 365. The Labute approximate surface area is 97.5 Å². The SMILES string of the molecule is COc1cc(Cl)ccc1C#CCCBr. The largest absolute Gasteiger partial charge is 0.495 e. The van der Waals surface area contributed by atoms with Crippen LogP contribution in [0.1, 0.15) is 12.0 Å². The highest BCUT2D eigenvalue weighted by atomic mass is 79.9. The molecule has 0 atom stereocenters. The third-order valence-electron chi connectivity index (χ3n) is 1.61. The molecule has 1 nitrogen and oxygen atoms in total. The van der Waals surface area contributed by atoms with E-state index >= 15 is 0 Å². The second-order valence-corrected chi connectivity index (χ2v) is 3.81. The summed E-state index contributed by atoms with van der Waals surface area (Å²) >= 11 is 9.14. The van der Waals surface area contributed by atoms with Gasteiger partial charge >= 0.3 is 0 Å². The van der Waals surface area contributed by atoms with Crippen LogP contribution in [0.4, 0.5) is 0 Å². The fourth-order valence-electron chi connectivity index (χ4n) is 0.973. The molecule has 0 aliphatic rings. The number of benzene rings is 1. The van der Waals surface area contributed by atoms with Gasteiger partial charge in [-0.25, -0.2) is 0 Å². The van der Waals surface area contributed by atoms with Crippen LogP contribution in [0.25, 0.3) is 0 Å². The van der Waals surface area contributed by atoms with E-state index in [4.69, 9.17) is 16.3 Å². The molecule has 74 valence electrons. The molecular formula is C11H10BrClO. The van der Waals surface area contributed by atoms with Crippen molar-refractivity contribution >= 4 is 27.5 Å². The summed E-state index contributed by atoms with van der Waals surface area (Å²) in [5.74, 6) is 6.78. The van der Waals surface area contributed by atoms with E-state index in [9.17, 15) is 0 Å². The van der Waals surface area contributed by atoms with Gasteiger partial charge < -0.3 is 4.74 Å². The van der Waals surface area contributed by atoms with Crippen LogP contribution in [-0.4, -0.2) is 12.4 Å².